The summed E-state index contributed by atoms with van der Waals surface area (Å²) in [4.78, 5) is 0. The molecule has 0 heterocycles. The molecule has 2 aromatic carbocycles. The van der Waals surface area contributed by atoms with E-state index in [2.05, 4.69) is 27.7 Å². The molecule has 0 unspecified atom stereocenters. The fourth-order valence-electron chi connectivity index (χ4n) is 5.01. The van der Waals surface area contributed by atoms with Gasteiger partial charge in [0.05, 0.1) is 12.2 Å². The summed E-state index contributed by atoms with van der Waals surface area (Å²) in [7, 11) is 0. The molecule has 0 saturated heterocycles. The molecule has 0 spiro atoms. The molecule has 1 aliphatic rings. The Morgan fingerprint density at radius 2 is 1.44 bits per heavy atom. The molecule has 0 atom stereocenters. The van der Waals surface area contributed by atoms with E-state index >= 15 is 8.78 Å². The average Bonchev–Trinajstić information content (AvgIpc) is 2.79. The lowest BCUT2D eigenvalue weighted by Gasteiger charge is -2.27. The van der Waals surface area contributed by atoms with Crippen molar-refractivity contribution in [2.75, 3.05) is 6.61 Å². The number of rotatable bonds is 9. The van der Waals surface area contributed by atoms with Gasteiger partial charge < -0.3 is 4.74 Å². The summed E-state index contributed by atoms with van der Waals surface area (Å²) in [5, 5.41) is 0. The quantitative estimate of drug-likeness (QED) is 0.377. The van der Waals surface area contributed by atoms with Crippen LogP contribution in [0.1, 0.15) is 95.8 Å². The first-order valence-corrected chi connectivity index (χ1v) is 12.7. The smallest absolute Gasteiger partial charge is 0.134 e. The Labute approximate surface area is 193 Å². The SMILES string of the molecule is CCc1cc(-c2c(F)cc(C3CCC(C)CC3)cc2F)c(CC)cc1OCC(CC)CC. The van der Waals surface area contributed by atoms with Gasteiger partial charge in [0.25, 0.3) is 0 Å². The van der Waals surface area contributed by atoms with Gasteiger partial charge in [-0.1, -0.05) is 60.3 Å². The molecule has 0 aliphatic heterocycles. The molecule has 0 aromatic heterocycles. The highest BCUT2D eigenvalue weighted by Gasteiger charge is 2.24. The van der Waals surface area contributed by atoms with Crippen LogP contribution >= 0.6 is 0 Å². The lowest BCUT2D eigenvalue weighted by Crippen LogP contribution is -2.12. The molecule has 1 nitrogen and oxygen atoms in total. The molecule has 176 valence electrons. The lowest BCUT2D eigenvalue weighted by molar-refractivity contribution is 0.238. The minimum absolute atomic E-state index is 0.107. The van der Waals surface area contributed by atoms with Crippen LogP contribution < -0.4 is 4.74 Å². The van der Waals surface area contributed by atoms with E-state index in [0.29, 0.717) is 30.4 Å². The van der Waals surface area contributed by atoms with E-state index in [1.54, 1.807) is 12.1 Å². The van der Waals surface area contributed by atoms with E-state index in [9.17, 15) is 0 Å². The van der Waals surface area contributed by atoms with Crippen LogP contribution in [-0.2, 0) is 12.8 Å². The molecule has 2 aromatic rings. The van der Waals surface area contributed by atoms with Gasteiger partial charge in [-0.25, -0.2) is 8.78 Å². The summed E-state index contributed by atoms with van der Waals surface area (Å²) in [6.45, 7) is 11.4. The Morgan fingerprint density at radius 1 is 0.844 bits per heavy atom. The van der Waals surface area contributed by atoms with Gasteiger partial charge in [-0.05, 0) is 90.0 Å². The number of benzene rings is 2. The predicted molar refractivity (Wildman–Crippen MR) is 130 cm³/mol. The van der Waals surface area contributed by atoms with Gasteiger partial charge in [0.2, 0.25) is 0 Å². The zero-order valence-electron chi connectivity index (χ0n) is 20.6. The van der Waals surface area contributed by atoms with E-state index in [4.69, 9.17) is 4.74 Å². The highest BCUT2D eigenvalue weighted by molar-refractivity contribution is 5.71. The lowest BCUT2D eigenvalue weighted by atomic mass is 9.79. The molecular weight excluding hydrogens is 402 g/mol. The van der Waals surface area contributed by atoms with Crippen molar-refractivity contribution in [1.82, 2.24) is 0 Å². The van der Waals surface area contributed by atoms with Crippen LogP contribution in [0.2, 0.25) is 0 Å². The Balaban J connectivity index is 1.96. The van der Waals surface area contributed by atoms with E-state index in [1.165, 1.54) is 0 Å². The van der Waals surface area contributed by atoms with E-state index in [1.807, 2.05) is 19.1 Å². The van der Waals surface area contributed by atoms with Gasteiger partial charge in [0.15, 0.2) is 0 Å². The second-order valence-corrected chi connectivity index (χ2v) is 9.63. The summed E-state index contributed by atoms with van der Waals surface area (Å²) in [5.74, 6) is 1.47. The number of ether oxygens (including phenoxy) is 1. The first-order valence-electron chi connectivity index (χ1n) is 12.7. The third-order valence-corrected chi connectivity index (χ3v) is 7.50. The third-order valence-electron chi connectivity index (χ3n) is 7.50. The van der Waals surface area contributed by atoms with Crippen molar-refractivity contribution >= 4 is 0 Å². The van der Waals surface area contributed by atoms with Crippen molar-refractivity contribution in [2.24, 2.45) is 11.8 Å². The second kappa shape index (κ2) is 11.3. The van der Waals surface area contributed by atoms with Crippen LogP contribution in [0.4, 0.5) is 8.78 Å². The zero-order chi connectivity index (χ0) is 23.3. The van der Waals surface area contributed by atoms with Crippen LogP contribution in [0, 0.1) is 23.5 Å². The van der Waals surface area contributed by atoms with Gasteiger partial charge in [-0.15, -0.1) is 0 Å². The van der Waals surface area contributed by atoms with E-state index < -0.39 is 11.6 Å². The maximum absolute atomic E-state index is 15.4. The average molecular weight is 443 g/mol. The molecule has 32 heavy (non-hydrogen) atoms. The monoisotopic (exact) mass is 442 g/mol. The molecule has 1 fully saturated rings. The second-order valence-electron chi connectivity index (χ2n) is 9.63. The summed E-state index contributed by atoms with van der Waals surface area (Å²) in [6, 6.07) is 7.12. The number of halogens is 2. The standard InChI is InChI=1S/C29H40F2O/c1-6-20(7-2)18-32-28-17-21(8-3)25(14-22(28)9-4)29-26(30)15-24(16-27(29)31)23-12-10-19(5)11-13-23/h14-17,19-20,23H,6-13,18H2,1-5H3. The number of aryl methyl sites for hydroxylation is 2. The fraction of sp³-hybridized carbons (Fsp3) is 0.586. The van der Waals surface area contributed by atoms with Crippen LogP contribution in [0.25, 0.3) is 11.1 Å². The van der Waals surface area contributed by atoms with Gasteiger partial charge in [-0.2, -0.15) is 0 Å². The Kier molecular flexibility index (Phi) is 8.73. The van der Waals surface area contributed by atoms with Crippen molar-refractivity contribution in [3.8, 4) is 16.9 Å². The van der Waals surface area contributed by atoms with Crippen molar-refractivity contribution in [1.29, 1.82) is 0 Å². The zero-order valence-corrected chi connectivity index (χ0v) is 20.6. The number of hydrogen-bond acceptors (Lipinski definition) is 1. The van der Waals surface area contributed by atoms with Crippen LogP contribution in [0.3, 0.4) is 0 Å². The van der Waals surface area contributed by atoms with Gasteiger partial charge in [0, 0.05) is 0 Å². The van der Waals surface area contributed by atoms with Crippen molar-refractivity contribution < 1.29 is 13.5 Å². The summed E-state index contributed by atoms with van der Waals surface area (Å²) in [6.07, 6.45) is 7.92. The highest BCUT2D eigenvalue weighted by atomic mass is 19.1. The Hall–Kier alpha value is -1.90. The molecule has 1 aliphatic carbocycles. The van der Waals surface area contributed by atoms with Crippen molar-refractivity contribution in [2.45, 2.75) is 91.9 Å². The summed E-state index contributed by atoms with van der Waals surface area (Å²) in [5.41, 5.74) is 3.52. The number of hydrogen-bond donors (Lipinski definition) is 0. The van der Waals surface area contributed by atoms with Crippen molar-refractivity contribution in [3.05, 3.63) is 52.6 Å². The molecule has 0 radical (unpaired) electrons. The fourth-order valence-corrected chi connectivity index (χ4v) is 5.01. The topological polar surface area (TPSA) is 9.23 Å². The largest absolute Gasteiger partial charge is 0.493 e. The van der Waals surface area contributed by atoms with Gasteiger partial charge in [-0.3, -0.25) is 0 Å². The van der Waals surface area contributed by atoms with Crippen molar-refractivity contribution in [3.63, 3.8) is 0 Å². The van der Waals surface area contributed by atoms with E-state index in [0.717, 1.165) is 67.4 Å². The molecular formula is C29H40F2O. The maximum Gasteiger partial charge on any atom is 0.134 e. The Bertz CT molecular complexity index is 869. The van der Waals surface area contributed by atoms with Crippen LogP contribution in [0.5, 0.6) is 5.75 Å². The van der Waals surface area contributed by atoms with E-state index in [-0.39, 0.29) is 11.5 Å². The molecule has 0 N–H and O–H groups in total. The minimum Gasteiger partial charge on any atom is -0.493 e. The first-order chi connectivity index (χ1) is 15.4. The van der Waals surface area contributed by atoms with Crippen LogP contribution in [-0.4, -0.2) is 6.61 Å². The summed E-state index contributed by atoms with van der Waals surface area (Å²) >= 11 is 0. The molecule has 0 bridgehead atoms. The van der Waals surface area contributed by atoms with Gasteiger partial charge >= 0.3 is 0 Å². The molecule has 1 saturated carbocycles. The summed E-state index contributed by atoms with van der Waals surface area (Å²) < 4.78 is 36.9. The minimum atomic E-state index is -0.443. The van der Waals surface area contributed by atoms with Crippen LogP contribution in [0.15, 0.2) is 24.3 Å². The first kappa shape index (κ1) is 24.7. The predicted octanol–water partition coefficient (Wildman–Crippen LogP) is 8.87. The Morgan fingerprint density at radius 3 is 1.97 bits per heavy atom. The maximum atomic E-state index is 15.4. The van der Waals surface area contributed by atoms with Gasteiger partial charge in [0.1, 0.15) is 17.4 Å². The third kappa shape index (κ3) is 5.53. The molecule has 3 rings (SSSR count). The normalized spacial score (nSPS) is 18.9. The molecule has 3 heteroatoms. The molecule has 0 amide bonds. The highest BCUT2D eigenvalue weighted by Crippen LogP contribution is 2.40.